The van der Waals surface area contributed by atoms with Crippen LogP contribution in [0.1, 0.15) is 41.0 Å². The first-order valence-electron chi connectivity index (χ1n) is 6.58. The quantitative estimate of drug-likeness (QED) is 0.596. The second kappa shape index (κ2) is 8.08. The minimum Gasteiger partial charge on any atom is -0.368 e. The zero-order valence-corrected chi connectivity index (χ0v) is 12.1. The summed E-state index contributed by atoms with van der Waals surface area (Å²) in [6.45, 7) is 10.4. The molecule has 18 heavy (non-hydrogen) atoms. The molecule has 0 saturated heterocycles. The fourth-order valence-electron chi connectivity index (χ4n) is 1.59. The van der Waals surface area contributed by atoms with Gasteiger partial charge in [-0.3, -0.25) is 14.9 Å². The van der Waals surface area contributed by atoms with Gasteiger partial charge >= 0.3 is 0 Å². The average Bonchev–Trinajstić information content (AvgIpc) is 2.23. The molecule has 0 aliphatic heterocycles. The van der Waals surface area contributed by atoms with Gasteiger partial charge in [-0.2, -0.15) is 0 Å². The number of carbonyl (C=O) groups is 2. The van der Waals surface area contributed by atoms with Gasteiger partial charge in [-0.05, 0) is 25.2 Å². The summed E-state index contributed by atoms with van der Waals surface area (Å²) in [6.07, 6.45) is 0.946. The van der Waals surface area contributed by atoms with Gasteiger partial charge in [0.05, 0.1) is 12.1 Å². The molecule has 0 aromatic heterocycles. The van der Waals surface area contributed by atoms with Gasteiger partial charge in [0, 0.05) is 6.54 Å². The maximum atomic E-state index is 11.8. The van der Waals surface area contributed by atoms with Crippen molar-refractivity contribution >= 4 is 11.8 Å². The van der Waals surface area contributed by atoms with Crippen molar-refractivity contribution in [3.8, 4) is 0 Å². The Kier molecular flexibility index (Phi) is 7.59. The molecule has 0 aliphatic rings. The molecule has 0 heterocycles. The van der Waals surface area contributed by atoms with Crippen molar-refractivity contribution < 1.29 is 9.59 Å². The number of primary amides is 1. The molecule has 2 amide bonds. The summed E-state index contributed by atoms with van der Waals surface area (Å²) >= 11 is 0. The Labute approximate surface area is 110 Å². The van der Waals surface area contributed by atoms with Crippen LogP contribution in [-0.2, 0) is 9.59 Å². The Morgan fingerprint density at radius 2 is 1.67 bits per heavy atom. The lowest BCUT2D eigenvalue weighted by Crippen LogP contribution is -2.53. The van der Waals surface area contributed by atoms with Crippen LogP contribution in [-0.4, -0.2) is 30.4 Å². The SMILES string of the molecule is CC(C)CCNC(=O)C(C)NC(C(N)=O)C(C)C. The van der Waals surface area contributed by atoms with Crippen LogP contribution in [0.25, 0.3) is 0 Å². The van der Waals surface area contributed by atoms with E-state index in [0.29, 0.717) is 12.5 Å². The fourth-order valence-corrected chi connectivity index (χ4v) is 1.59. The molecular weight excluding hydrogens is 230 g/mol. The first-order valence-corrected chi connectivity index (χ1v) is 6.58. The Hall–Kier alpha value is -1.10. The Morgan fingerprint density at radius 3 is 2.06 bits per heavy atom. The van der Waals surface area contributed by atoms with Crippen LogP contribution in [0.5, 0.6) is 0 Å². The molecule has 0 radical (unpaired) electrons. The molecule has 2 atom stereocenters. The number of hydrogen-bond acceptors (Lipinski definition) is 3. The van der Waals surface area contributed by atoms with Crippen molar-refractivity contribution in [2.75, 3.05) is 6.54 Å². The summed E-state index contributed by atoms with van der Waals surface area (Å²) < 4.78 is 0. The monoisotopic (exact) mass is 257 g/mol. The van der Waals surface area contributed by atoms with Gasteiger partial charge in [0.1, 0.15) is 0 Å². The van der Waals surface area contributed by atoms with Crippen molar-refractivity contribution in [3.63, 3.8) is 0 Å². The van der Waals surface area contributed by atoms with Crippen LogP contribution in [0.3, 0.4) is 0 Å². The predicted molar refractivity (Wildman–Crippen MR) is 72.9 cm³/mol. The molecule has 106 valence electrons. The first kappa shape index (κ1) is 16.9. The summed E-state index contributed by atoms with van der Waals surface area (Å²) in [5, 5.41) is 5.81. The van der Waals surface area contributed by atoms with E-state index in [0.717, 1.165) is 6.42 Å². The normalized spacial score (nSPS) is 14.6. The lowest BCUT2D eigenvalue weighted by Gasteiger charge is -2.23. The van der Waals surface area contributed by atoms with Gasteiger partial charge in [0.15, 0.2) is 0 Å². The van der Waals surface area contributed by atoms with Crippen LogP contribution in [0.4, 0.5) is 0 Å². The van der Waals surface area contributed by atoms with Gasteiger partial charge in [-0.1, -0.05) is 27.7 Å². The van der Waals surface area contributed by atoms with Crippen molar-refractivity contribution in [1.29, 1.82) is 0 Å². The Bertz CT molecular complexity index is 277. The van der Waals surface area contributed by atoms with E-state index in [9.17, 15) is 9.59 Å². The minimum atomic E-state index is -0.476. The third-order valence-corrected chi connectivity index (χ3v) is 2.82. The Balaban J connectivity index is 4.17. The van der Waals surface area contributed by atoms with Gasteiger partial charge < -0.3 is 11.1 Å². The van der Waals surface area contributed by atoms with Crippen LogP contribution < -0.4 is 16.4 Å². The van der Waals surface area contributed by atoms with Crippen molar-refractivity contribution in [2.24, 2.45) is 17.6 Å². The van der Waals surface area contributed by atoms with E-state index in [2.05, 4.69) is 24.5 Å². The molecule has 5 heteroatoms. The van der Waals surface area contributed by atoms with Crippen LogP contribution in [0, 0.1) is 11.8 Å². The number of rotatable bonds is 8. The van der Waals surface area contributed by atoms with E-state index in [-0.39, 0.29) is 11.8 Å². The lowest BCUT2D eigenvalue weighted by atomic mass is 10.0. The number of nitrogens with one attached hydrogen (secondary N) is 2. The number of nitrogens with two attached hydrogens (primary N) is 1. The molecule has 0 fully saturated rings. The highest BCUT2D eigenvalue weighted by Gasteiger charge is 2.24. The second-order valence-corrected chi connectivity index (χ2v) is 5.49. The van der Waals surface area contributed by atoms with E-state index < -0.39 is 18.0 Å². The molecule has 4 N–H and O–H groups in total. The minimum absolute atomic E-state index is 0.0633. The molecule has 0 bridgehead atoms. The second-order valence-electron chi connectivity index (χ2n) is 5.49. The predicted octanol–water partition coefficient (Wildman–Crippen LogP) is 0.637. The third kappa shape index (κ3) is 6.59. The molecule has 0 saturated carbocycles. The highest BCUT2D eigenvalue weighted by molar-refractivity contribution is 5.84. The summed E-state index contributed by atoms with van der Waals surface area (Å²) in [4.78, 5) is 23.0. The van der Waals surface area contributed by atoms with Crippen molar-refractivity contribution in [3.05, 3.63) is 0 Å². The molecule has 0 spiro atoms. The molecule has 0 aromatic rings. The molecule has 0 aromatic carbocycles. The van der Waals surface area contributed by atoms with E-state index in [4.69, 9.17) is 5.73 Å². The fraction of sp³-hybridized carbons (Fsp3) is 0.846. The van der Waals surface area contributed by atoms with Gasteiger partial charge in [0.2, 0.25) is 11.8 Å². The molecule has 2 unspecified atom stereocenters. The largest absolute Gasteiger partial charge is 0.368 e. The van der Waals surface area contributed by atoms with Crippen LogP contribution >= 0.6 is 0 Å². The number of carbonyl (C=O) groups excluding carboxylic acids is 2. The number of hydrogen-bond donors (Lipinski definition) is 3. The standard InChI is InChI=1S/C13H27N3O2/c1-8(2)6-7-15-13(18)10(5)16-11(9(3)4)12(14)17/h8-11,16H,6-7H2,1-5H3,(H2,14,17)(H,15,18). The smallest absolute Gasteiger partial charge is 0.236 e. The number of amides is 2. The first-order chi connectivity index (χ1) is 8.25. The van der Waals surface area contributed by atoms with Gasteiger partial charge in [-0.15, -0.1) is 0 Å². The highest BCUT2D eigenvalue weighted by Crippen LogP contribution is 2.02. The summed E-state index contributed by atoms with van der Waals surface area (Å²) in [6, 6.07) is -0.895. The zero-order chi connectivity index (χ0) is 14.3. The summed E-state index contributed by atoms with van der Waals surface area (Å²) in [5.41, 5.74) is 5.29. The maximum absolute atomic E-state index is 11.8. The van der Waals surface area contributed by atoms with Gasteiger partial charge in [-0.25, -0.2) is 0 Å². The topological polar surface area (TPSA) is 84.2 Å². The van der Waals surface area contributed by atoms with E-state index >= 15 is 0 Å². The third-order valence-electron chi connectivity index (χ3n) is 2.82. The Morgan fingerprint density at radius 1 is 1.11 bits per heavy atom. The van der Waals surface area contributed by atoms with Crippen LogP contribution in [0.2, 0.25) is 0 Å². The van der Waals surface area contributed by atoms with E-state index in [1.54, 1.807) is 6.92 Å². The summed E-state index contributed by atoms with van der Waals surface area (Å²) in [5.74, 6) is 0.102. The van der Waals surface area contributed by atoms with E-state index in [1.807, 2.05) is 13.8 Å². The maximum Gasteiger partial charge on any atom is 0.236 e. The van der Waals surface area contributed by atoms with Crippen molar-refractivity contribution in [2.45, 2.75) is 53.1 Å². The van der Waals surface area contributed by atoms with Crippen LogP contribution in [0.15, 0.2) is 0 Å². The molecular formula is C13H27N3O2. The zero-order valence-electron chi connectivity index (χ0n) is 12.1. The molecule has 0 aliphatic carbocycles. The van der Waals surface area contributed by atoms with Gasteiger partial charge in [0.25, 0.3) is 0 Å². The molecule has 5 nitrogen and oxygen atoms in total. The average molecular weight is 257 g/mol. The highest BCUT2D eigenvalue weighted by atomic mass is 16.2. The summed E-state index contributed by atoms with van der Waals surface area (Å²) in [7, 11) is 0. The van der Waals surface area contributed by atoms with E-state index in [1.165, 1.54) is 0 Å². The van der Waals surface area contributed by atoms with Crippen molar-refractivity contribution in [1.82, 2.24) is 10.6 Å². The lowest BCUT2D eigenvalue weighted by molar-refractivity contribution is -0.124. The molecule has 0 rings (SSSR count).